The lowest BCUT2D eigenvalue weighted by atomic mass is 10.1. The highest BCUT2D eigenvalue weighted by molar-refractivity contribution is 7.92. The highest BCUT2D eigenvalue weighted by atomic mass is 35.5. The highest BCUT2D eigenvalue weighted by Gasteiger charge is 2.40. The molecule has 4 aromatic rings. The van der Waals surface area contributed by atoms with Gasteiger partial charge in [-0.15, -0.1) is 11.6 Å². The minimum absolute atomic E-state index is 0.131. The maximum atomic E-state index is 14.7. The van der Waals surface area contributed by atoms with Crippen LogP contribution in [0.2, 0.25) is 0 Å². The van der Waals surface area contributed by atoms with Crippen LogP contribution in [-0.4, -0.2) is 19.2 Å². The van der Waals surface area contributed by atoms with Crippen LogP contribution in [0.1, 0.15) is 11.1 Å². The van der Waals surface area contributed by atoms with Crippen LogP contribution in [0.25, 0.3) is 0 Å². The van der Waals surface area contributed by atoms with E-state index in [0.29, 0.717) is 10.6 Å². The fourth-order valence-electron chi connectivity index (χ4n) is 3.92. The summed E-state index contributed by atoms with van der Waals surface area (Å²) >= 11 is 6.87. The molecule has 35 heavy (non-hydrogen) atoms. The molecule has 0 saturated carbocycles. The summed E-state index contributed by atoms with van der Waals surface area (Å²) in [6.45, 7) is 1.89. The molecular weight excluding hydrogens is 497 g/mol. The van der Waals surface area contributed by atoms with E-state index in [1.54, 1.807) is 72.8 Å². The van der Waals surface area contributed by atoms with Crippen molar-refractivity contribution in [1.29, 1.82) is 0 Å². The zero-order chi connectivity index (χ0) is 24.9. The Bertz CT molecular complexity index is 1350. The van der Waals surface area contributed by atoms with Crippen molar-refractivity contribution >= 4 is 39.3 Å². The lowest BCUT2D eigenvalue weighted by molar-refractivity contribution is 0.549. The molecule has 2 unspecified atom stereocenters. The van der Waals surface area contributed by atoms with Gasteiger partial charge >= 0.3 is 0 Å². The quantitative estimate of drug-likeness (QED) is 0.234. The molecule has 4 rings (SSSR count). The average Bonchev–Trinajstić information content (AvgIpc) is 2.89. The smallest absolute Gasteiger partial charge is 0.205 e. The SMILES string of the molecule is Cc1ccc(S(=O)(=O)C(NP(=O)(c2ccccc2)c2ccccc2)C(Cl)Cc2ccccc2)cc1. The molecule has 0 aliphatic rings. The van der Waals surface area contributed by atoms with Crippen molar-refractivity contribution in [3.05, 3.63) is 126 Å². The first-order valence-corrected chi connectivity index (χ1v) is 15.0. The molecule has 4 aromatic carbocycles. The fourth-order valence-corrected chi connectivity index (χ4v) is 9.27. The van der Waals surface area contributed by atoms with Gasteiger partial charge in [-0.05, 0) is 55.3 Å². The third kappa shape index (κ3) is 5.76. The maximum Gasteiger partial charge on any atom is 0.205 e. The molecular formula is C28H27ClNO3PS. The van der Waals surface area contributed by atoms with E-state index in [1.165, 1.54) is 0 Å². The summed E-state index contributed by atoms with van der Waals surface area (Å²) in [4.78, 5) is 0.131. The minimum Gasteiger partial charge on any atom is -0.296 e. The number of rotatable bonds is 9. The van der Waals surface area contributed by atoms with Crippen LogP contribution in [-0.2, 0) is 20.8 Å². The average molecular weight is 524 g/mol. The van der Waals surface area contributed by atoms with Gasteiger partial charge in [-0.2, -0.15) is 0 Å². The number of halogens is 1. The highest BCUT2D eigenvalue weighted by Crippen LogP contribution is 2.41. The van der Waals surface area contributed by atoms with E-state index >= 15 is 0 Å². The lowest BCUT2D eigenvalue weighted by Gasteiger charge is -2.30. The standard InChI is InChI=1S/C28H27ClNO3PS/c1-22-17-19-26(20-18-22)35(32,33)28(27(29)21-23-11-5-2-6-12-23)30-34(31,24-13-7-3-8-14-24)25-15-9-4-10-16-25/h2-20,27-28H,21H2,1H3,(H,30,31). The lowest BCUT2D eigenvalue weighted by Crippen LogP contribution is -2.46. The number of hydrogen-bond acceptors (Lipinski definition) is 3. The fraction of sp³-hybridized carbons (Fsp3) is 0.143. The van der Waals surface area contributed by atoms with Crippen LogP contribution in [0.5, 0.6) is 0 Å². The van der Waals surface area contributed by atoms with Crippen molar-refractivity contribution in [1.82, 2.24) is 5.09 Å². The molecule has 0 aromatic heterocycles. The summed E-state index contributed by atoms with van der Waals surface area (Å²) in [5, 5.41) is 1.91. The summed E-state index contributed by atoms with van der Waals surface area (Å²) in [5.41, 5.74) is 1.84. The maximum absolute atomic E-state index is 14.7. The molecule has 4 nitrogen and oxygen atoms in total. The Labute approximate surface area is 212 Å². The Morgan fingerprint density at radius 1 is 0.743 bits per heavy atom. The third-order valence-electron chi connectivity index (χ3n) is 5.83. The van der Waals surface area contributed by atoms with Crippen molar-refractivity contribution < 1.29 is 13.0 Å². The summed E-state index contributed by atoms with van der Waals surface area (Å²) in [6.07, 6.45) is 0.286. The van der Waals surface area contributed by atoms with Gasteiger partial charge in [0.15, 0.2) is 9.84 Å². The van der Waals surface area contributed by atoms with Crippen LogP contribution in [0.15, 0.2) is 120 Å². The molecule has 1 N–H and O–H groups in total. The molecule has 0 fully saturated rings. The van der Waals surface area contributed by atoms with Gasteiger partial charge in [0.2, 0.25) is 7.29 Å². The van der Waals surface area contributed by atoms with Crippen molar-refractivity contribution in [2.24, 2.45) is 0 Å². The Hall–Kier alpha value is -2.69. The Morgan fingerprint density at radius 2 is 1.20 bits per heavy atom. The molecule has 0 radical (unpaired) electrons. The predicted octanol–water partition coefficient (Wildman–Crippen LogP) is 5.46. The number of sulfone groups is 1. The Morgan fingerprint density at radius 3 is 1.69 bits per heavy atom. The van der Waals surface area contributed by atoms with Gasteiger partial charge in [0.1, 0.15) is 5.37 Å². The van der Waals surface area contributed by atoms with Gasteiger partial charge in [0.05, 0.1) is 10.3 Å². The van der Waals surface area contributed by atoms with Crippen LogP contribution < -0.4 is 15.7 Å². The number of benzene rings is 4. The molecule has 0 aliphatic carbocycles. The summed E-state index contributed by atoms with van der Waals surface area (Å²) in [7, 11) is -7.58. The summed E-state index contributed by atoms with van der Waals surface area (Å²) in [5.74, 6) is 0. The topological polar surface area (TPSA) is 63.2 Å². The van der Waals surface area contributed by atoms with Crippen molar-refractivity contribution in [2.45, 2.75) is 29.0 Å². The van der Waals surface area contributed by atoms with Gasteiger partial charge in [0, 0.05) is 10.6 Å². The monoisotopic (exact) mass is 523 g/mol. The van der Waals surface area contributed by atoms with E-state index in [0.717, 1.165) is 11.1 Å². The number of aryl methyl sites for hydroxylation is 1. The first kappa shape index (κ1) is 25.4. The van der Waals surface area contributed by atoms with E-state index in [1.807, 2.05) is 49.4 Å². The van der Waals surface area contributed by atoms with E-state index in [-0.39, 0.29) is 11.3 Å². The second-order valence-electron chi connectivity index (χ2n) is 8.39. The molecule has 0 aliphatic heterocycles. The van der Waals surface area contributed by atoms with Crippen LogP contribution in [0, 0.1) is 6.92 Å². The molecule has 180 valence electrons. The van der Waals surface area contributed by atoms with Crippen molar-refractivity contribution in [2.75, 3.05) is 0 Å². The molecule has 0 bridgehead atoms. The van der Waals surface area contributed by atoms with E-state index < -0.39 is 27.9 Å². The number of hydrogen-bond donors (Lipinski definition) is 1. The summed E-state index contributed by atoms with van der Waals surface area (Å²) in [6, 6.07) is 33.9. The Kier molecular flexibility index (Phi) is 7.93. The van der Waals surface area contributed by atoms with Gasteiger partial charge < -0.3 is 0 Å². The molecule has 0 spiro atoms. The van der Waals surface area contributed by atoms with Crippen LogP contribution in [0.4, 0.5) is 0 Å². The third-order valence-corrected chi connectivity index (χ3v) is 11.3. The molecule has 0 amide bonds. The second kappa shape index (κ2) is 10.9. The zero-order valence-electron chi connectivity index (χ0n) is 19.3. The van der Waals surface area contributed by atoms with Gasteiger partial charge in [0.25, 0.3) is 0 Å². The van der Waals surface area contributed by atoms with E-state index in [9.17, 15) is 13.0 Å². The van der Waals surface area contributed by atoms with E-state index in [4.69, 9.17) is 11.6 Å². The zero-order valence-corrected chi connectivity index (χ0v) is 21.8. The number of alkyl halides is 1. The van der Waals surface area contributed by atoms with Crippen molar-refractivity contribution in [3.8, 4) is 0 Å². The van der Waals surface area contributed by atoms with Gasteiger partial charge in [-0.3, -0.25) is 4.57 Å². The predicted molar refractivity (Wildman–Crippen MR) is 145 cm³/mol. The minimum atomic E-state index is -4.00. The van der Waals surface area contributed by atoms with Crippen LogP contribution >= 0.6 is 18.9 Å². The molecule has 2 atom stereocenters. The largest absolute Gasteiger partial charge is 0.296 e. The van der Waals surface area contributed by atoms with Crippen LogP contribution in [0.3, 0.4) is 0 Å². The van der Waals surface area contributed by atoms with Gasteiger partial charge in [-0.25, -0.2) is 13.5 Å². The molecule has 7 heteroatoms. The van der Waals surface area contributed by atoms with Gasteiger partial charge in [-0.1, -0.05) is 84.4 Å². The molecule has 0 heterocycles. The number of nitrogens with one attached hydrogen (secondary N) is 1. The molecule has 0 saturated heterocycles. The summed E-state index contributed by atoms with van der Waals surface area (Å²) < 4.78 is 42.6. The Balaban J connectivity index is 1.83. The van der Waals surface area contributed by atoms with E-state index in [2.05, 4.69) is 5.09 Å². The normalized spacial score (nSPS) is 13.8. The first-order chi connectivity index (χ1) is 16.8. The second-order valence-corrected chi connectivity index (χ2v) is 13.5. The first-order valence-electron chi connectivity index (χ1n) is 11.3. The van der Waals surface area contributed by atoms with Crippen molar-refractivity contribution in [3.63, 3.8) is 0 Å².